The van der Waals surface area contributed by atoms with Gasteiger partial charge in [-0.05, 0) is 19.3 Å². The van der Waals surface area contributed by atoms with Crippen LogP contribution in [0.5, 0.6) is 0 Å². The molecule has 0 radical (unpaired) electrons. The van der Waals surface area contributed by atoms with Crippen LogP contribution in [0.1, 0.15) is 38.5 Å². The number of aliphatic carboxylic acids is 1. The highest BCUT2D eigenvalue weighted by atomic mass is 16.4. The lowest BCUT2D eigenvalue weighted by atomic mass is 10.1. The van der Waals surface area contributed by atoms with Crippen molar-refractivity contribution in [3.63, 3.8) is 0 Å². The molecule has 1 rings (SSSR count). The van der Waals surface area contributed by atoms with E-state index in [-0.39, 0.29) is 37.9 Å². The standard InChI is InChI=1S/C12H22N2O4/c13-10(5-6-11(16)17)12(18)14(7-8-15)9-3-1-2-4-9/h9-10,15H,1-8,13H2,(H,16,17). The molecule has 18 heavy (non-hydrogen) atoms. The lowest BCUT2D eigenvalue weighted by Crippen LogP contribution is -2.49. The van der Waals surface area contributed by atoms with Gasteiger partial charge in [-0.1, -0.05) is 12.8 Å². The van der Waals surface area contributed by atoms with Crippen LogP contribution in [0.3, 0.4) is 0 Å². The lowest BCUT2D eigenvalue weighted by Gasteiger charge is -2.30. The third-order valence-corrected chi connectivity index (χ3v) is 3.38. The van der Waals surface area contributed by atoms with Crippen molar-refractivity contribution in [3.8, 4) is 0 Å². The summed E-state index contributed by atoms with van der Waals surface area (Å²) in [5, 5.41) is 17.6. The van der Waals surface area contributed by atoms with E-state index in [0.717, 1.165) is 25.7 Å². The van der Waals surface area contributed by atoms with Crippen LogP contribution in [0.2, 0.25) is 0 Å². The number of aliphatic hydroxyl groups excluding tert-OH is 1. The minimum absolute atomic E-state index is 0.0894. The van der Waals surface area contributed by atoms with Gasteiger partial charge in [-0.25, -0.2) is 0 Å². The van der Waals surface area contributed by atoms with Crippen molar-refractivity contribution in [2.24, 2.45) is 5.73 Å². The van der Waals surface area contributed by atoms with E-state index in [4.69, 9.17) is 15.9 Å². The Morgan fingerprint density at radius 3 is 2.44 bits per heavy atom. The molecule has 6 nitrogen and oxygen atoms in total. The highest BCUT2D eigenvalue weighted by Gasteiger charge is 2.29. The number of amides is 1. The first-order valence-electron chi connectivity index (χ1n) is 6.45. The second kappa shape index (κ2) is 7.33. The quantitative estimate of drug-likeness (QED) is 0.593. The fourth-order valence-corrected chi connectivity index (χ4v) is 2.41. The Balaban J connectivity index is 2.54. The molecule has 1 aliphatic rings. The molecule has 6 heteroatoms. The number of carbonyl (C=O) groups excluding carboxylic acids is 1. The normalized spacial score (nSPS) is 17.7. The van der Waals surface area contributed by atoms with Gasteiger partial charge in [0, 0.05) is 19.0 Å². The fraction of sp³-hybridized carbons (Fsp3) is 0.833. The van der Waals surface area contributed by atoms with Crippen molar-refractivity contribution in [3.05, 3.63) is 0 Å². The van der Waals surface area contributed by atoms with Gasteiger partial charge in [0.1, 0.15) is 0 Å². The van der Waals surface area contributed by atoms with E-state index in [1.807, 2.05) is 0 Å². The summed E-state index contributed by atoms with van der Waals surface area (Å²) >= 11 is 0. The number of hydrogen-bond donors (Lipinski definition) is 3. The van der Waals surface area contributed by atoms with Gasteiger partial charge in [0.15, 0.2) is 0 Å². The monoisotopic (exact) mass is 258 g/mol. The van der Waals surface area contributed by atoms with Gasteiger partial charge in [0.25, 0.3) is 0 Å². The zero-order valence-corrected chi connectivity index (χ0v) is 10.5. The number of carboxylic acid groups (broad SMARTS) is 1. The number of carboxylic acids is 1. The van der Waals surface area contributed by atoms with Crippen LogP contribution in [0.25, 0.3) is 0 Å². The Morgan fingerprint density at radius 2 is 1.94 bits per heavy atom. The van der Waals surface area contributed by atoms with Crippen LogP contribution in [0, 0.1) is 0 Å². The Morgan fingerprint density at radius 1 is 1.33 bits per heavy atom. The molecule has 1 fully saturated rings. The number of nitrogens with zero attached hydrogens (tertiary/aromatic N) is 1. The smallest absolute Gasteiger partial charge is 0.303 e. The third kappa shape index (κ3) is 4.27. The highest BCUT2D eigenvalue weighted by molar-refractivity contribution is 5.82. The average molecular weight is 258 g/mol. The maximum absolute atomic E-state index is 12.1. The van der Waals surface area contributed by atoms with E-state index < -0.39 is 12.0 Å². The first kappa shape index (κ1) is 14.9. The molecule has 1 saturated carbocycles. The van der Waals surface area contributed by atoms with Crippen molar-refractivity contribution in [2.45, 2.75) is 50.6 Å². The second-order valence-electron chi connectivity index (χ2n) is 4.73. The number of rotatable bonds is 7. The summed E-state index contributed by atoms with van der Waals surface area (Å²) in [6, 6.07) is -0.631. The van der Waals surface area contributed by atoms with Gasteiger partial charge >= 0.3 is 5.97 Å². The van der Waals surface area contributed by atoms with E-state index >= 15 is 0 Å². The van der Waals surface area contributed by atoms with Gasteiger partial charge in [-0.15, -0.1) is 0 Å². The molecule has 0 bridgehead atoms. The molecule has 4 N–H and O–H groups in total. The summed E-state index contributed by atoms with van der Waals surface area (Å²) in [6.45, 7) is 0.193. The van der Waals surface area contributed by atoms with Crippen LogP contribution < -0.4 is 5.73 Å². The summed E-state index contributed by atoms with van der Waals surface area (Å²) in [5.41, 5.74) is 5.73. The third-order valence-electron chi connectivity index (χ3n) is 3.38. The van der Waals surface area contributed by atoms with Crippen molar-refractivity contribution in [1.29, 1.82) is 0 Å². The van der Waals surface area contributed by atoms with Crippen molar-refractivity contribution in [1.82, 2.24) is 4.90 Å². The predicted molar refractivity (Wildman–Crippen MR) is 65.9 cm³/mol. The maximum atomic E-state index is 12.1. The molecular weight excluding hydrogens is 236 g/mol. The van der Waals surface area contributed by atoms with E-state index in [9.17, 15) is 9.59 Å². The summed E-state index contributed by atoms with van der Waals surface area (Å²) in [5.74, 6) is -1.19. The summed E-state index contributed by atoms with van der Waals surface area (Å²) < 4.78 is 0. The highest BCUT2D eigenvalue weighted by Crippen LogP contribution is 2.24. The van der Waals surface area contributed by atoms with Crippen molar-refractivity contribution < 1.29 is 19.8 Å². The molecule has 0 aromatic rings. The molecule has 0 aliphatic heterocycles. The number of aliphatic hydroxyl groups is 1. The molecule has 104 valence electrons. The number of nitrogens with two attached hydrogens (primary N) is 1. The van der Waals surface area contributed by atoms with E-state index in [2.05, 4.69) is 0 Å². The zero-order chi connectivity index (χ0) is 13.5. The first-order chi connectivity index (χ1) is 8.56. The van der Waals surface area contributed by atoms with Gasteiger partial charge in [0.05, 0.1) is 12.6 Å². The van der Waals surface area contributed by atoms with E-state index in [0.29, 0.717) is 0 Å². The second-order valence-corrected chi connectivity index (χ2v) is 4.73. The van der Waals surface area contributed by atoms with Gasteiger partial charge < -0.3 is 20.8 Å². The lowest BCUT2D eigenvalue weighted by molar-refractivity contribution is -0.138. The van der Waals surface area contributed by atoms with Gasteiger partial charge in [-0.2, -0.15) is 0 Å². The fourth-order valence-electron chi connectivity index (χ4n) is 2.41. The molecule has 1 unspecified atom stereocenters. The van der Waals surface area contributed by atoms with Crippen molar-refractivity contribution >= 4 is 11.9 Å². The van der Waals surface area contributed by atoms with E-state index in [1.54, 1.807) is 4.90 Å². The van der Waals surface area contributed by atoms with Crippen molar-refractivity contribution in [2.75, 3.05) is 13.2 Å². The molecular formula is C12H22N2O4. The molecule has 0 heterocycles. The SMILES string of the molecule is NC(CCC(=O)O)C(=O)N(CCO)C1CCCC1. The van der Waals surface area contributed by atoms with Crippen LogP contribution >= 0.6 is 0 Å². The minimum Gasteiger partial charge on any atom is -0.481 e. The Labute approximate surface area is 107 Å². The van der Waals surface area contributed by atoms with Gasteiger partial charge in [-0.3, -0.25) is 9.59 Å². The van der Waals surface area contributed by atoms with Gasteiger partial charge in [0.2, 0.25) is 5.91 Å². The Hall–Kier alpha value is -1.14. The summed E-state index contributed by atoms with van der Waals surface area (Å²) in [4.78, 5) is 24.2. The average Bonchev–Trinajstić information content (AvgIpc) is 2.85. The number of carbonyl (C=O) groups is 2. The molecule has 0 aromatic carbocycles. The van der Waals surface area contributed by atoms with Crippen LogP contribution in [0.15, 0.2) is 0 Å². The minimum atomic E-state index is -0.951. The molecule has 0 spiro atoms. The topological polar surface area (TPSA) is 104 Å². The molecule has 1 atom stereocenters. The van der Waals surface area contributed by atoms with Crippen LogP contribution in [-0.4, -0.2) is 52.2 Å². The predicted octanol–water partition coefficient (Wildman–Crippen LogP) is -0.0580. The zero-order valence-electron chi connectivity index (χ0n) is 10.5. The molecule has 0 aromatic heterocycles. The Kier molecular flexibility index (Phi) is 6.07. The van der Waals surface area contributed by atoms with Crippen LogP contribution in [-0.2, 0) is 9.59 Å². The molecule has 0 saturated heterocycles. The summed E-state index contributed by atoms with van der Waals surface area (Å²) in [6.07, 6.45) is 4.09. The maximum Gasteiger partial charge on any atom is 0.303 e. The first-order valence-corrected chi connectivity index (χ1v) is 6.45. The summed E-state index contributed by atoms with van der Waals surface area (Å²) in [7, 11) is 0. The Bertz CT molecular complexity index is 290. The number of hydrogen-bond acceptors (Lipinski definition) is 4. The van der Waals surface area contributed by atoms with E-state index in [1.165, 1.54) is 0 Å². The largest absolute Gasteiger partial charge is 0.481 e. The van der Waals surface area contributed by atoms with Crippen LogP contribution in [0.4, 0.5) is 0 Å². The molecule has 1 amide bonds. The molecule has 1 aliphatic carbocycles.